The van der Waals surface area contributed by atoms with Crippen molar-refractivity contribution in [1.29, 1.82) is 0 Å². The lowest BCUT2D eigenvalue weighted by molar-refractivity contribution is 0.0501. The molecule has 0 saturated carbocycles. The van der Waals surface area contributed by atoms with Crippen LogP contribution in [-0.2, 0) is 10.2 Å². The molecule has 4 heteroatoms. The van der Waals surface area contributed by atoms with E-state index in [4.69, 9.17) is 10.5 Å². The molecule has 0 aliphatic heterocycles. The number of alkyl carbamates (subject to hydrolysis) is 1. The number of carbonyl (C=O) groups is 1. The van der Waals surface area contributed by atoms with E-state index in [2.05, 4.69) is 25.2 Å². The molecule has 1 atom stereocenters. The Kier molecular flexibility index (Phi) is 3.44. The first-order valence-corrected chi connectivity index (χ1v) is 6.98. The van der Waals surface area contributed by atoms with Crippen LogP contribution in [0.5, 0.6) is 0 Å². The number of ether oxygens (including phenoxy) is 1. The van der Waals surface area contributed by atoms with Crippen LogP contribution in [0.25, 0.3) is 0 Å². The topological polar surface area (TPSA) is 64.3 Å². The first kappa shape index (κ1) is 14.7. The molecule has 110 valence electrons. The number of benzene rings is 1. The maximum absolute atomic E-state index is 12.0. The molecule has 0 bridgehead atoms. The van der Waals surface area contributed by atoms with Crippen molar-refractivity contribution >= 4 is 11.8 Å². The first-order chi connectivity index (χ1) is 9.08. The lowest BCUT2D eigenvalue weighted by Gasteiger charge is -2.23. The van der Waals surface area contributed by atoms with Crippen LogP contribution in [-0.4, -0.2) is 11.7 Å². The van der Waals surface area contributed by atoms with Crippen LogP contribution in [0.15, 0.2) is 18.2 Å². The van der Waals surface area contributed by atoms with Gasteiger partial charge in [0.25, 0.3) is 0 Å². The summed E-state index contributed by atoms with van der Waals surface area (Å²) in [4.78, 5) is 12.0. The monoisotopic (exact) mass is 276 g/mol. The van der Waals surface area contributed by atoms with Gasteiger partial charge in [0.15, 0.2) is 0 Å². The van der Waals surface area contributed by atoms with Gasteiger partial charge >= 0.3 is 6.09 Å². The minimum absolute atomic E-state index is 0.0305. The molecule has 1 aliphatic carbocycles. The lowest BCUT2D eigenvalue weighted by Crippen LogP contribution is -2.34. The summed E-state index contributed by atoms with van der Waals surface area (Å²) < 4.78 is 5.33. The lowest BCUT2D eigenvalue weighted by atomic mass is 9.86. The number of nitrogens with two attached hydrogens (primary N) is 1. The summed E-state index contributed by atoms with van der Waals surface area (Å²) in [6.45, 7) is 9.93. The fourth-order valence-electron chi connectivity index (χ4n) is 2.79. The SMILES string of the molecule is CC(C)(C)OC(=O)NC1CC(C)(C)c2ccc(N)cc21. The van der Waals surface area contributed by atoms with E-state index < -0.39 is 5.60 Å². The Morgan fingerprint density at radius 3 is 2.65 bits per heavy atom. The zero-order valence-electron chi connectivity index (χ0n) is 12.9. The van der Waals surface area contributed by atoms with E-state index in [1.165, 1.54) is 5.56 Å². The Bertz CT molecular complexity index is 530. The van der Waals surface area contributed by atoms with Crippen LogP contribution in [0, 0.1) is 0 Å². The first-order valence-electron chi connectivity index (χ1n) is 6.98. The minimum Gasteiger partial charge on any atom is -0.444 e. The summed E-state index contributed by atoms with van der Waals surface area (Å²) in [5, 5.41) is 2.96. The number of hydrogen-bond acceptors (Lipinski definition) is 3. The molecule has 2 rings (SSSR count). The highest BCUT2D eigenvalue weighted by atomic mass is 16.6. The Morgan fingerprint density at radius 2 is 2.05 bits per heavy atom. The number of hydrogen-bond donors (Lipinski definition) is 2. The van der Waals surface area contributed by atoms with E-state index in [0.29, 0.717) is 0 Å². The fourth-order valence-corrected chi connectivity index (χ4v) is 2.79. The molecule has 0 heterocycles. The van der Waals surface area contributed by atoms with Gasteiger partial charge < -0.3 is 15.8 Å². The highest BCUT2D eigenvalue weighted by Crippen LogP contribution is 2.45. The van der Waals surface area contributed by atoms with Crippen LogP contribution < -0.4 is 11.1 Å². The van der Waals surface area contributed by atoms with Crippen LogP contribution >= 0.6 is 0 Å². The number of amides is 1. The number of carbonyl (C=O) groups excluding carboxylic acids is 1. The Morgan fingerprint density at radius 1 is 1.40 bits per heavy atom. The molecule has 20 heavy (non-hydrogen) atoms. The number of fused-ring (bicyclic) bond motifs is 1. The van der Waals surface area contributed by atoms with Crippen molar-refractivity contribution in [3.05, 3.63) is 29.3 Å². The quantitative estimate of drug-likeness (QED) is 0.771. The number of rotatable bonds is 1. The van der Waals surface area contributed by atoms with E-state index >= 15 is 0 Å². The summed E-state index contributed by atoms with van der Waals surface area (Å²) in [5.41, 5.74) is 8.47. The van der Waals surface area contributed by atoms with Crippen molar-refractivity contribution in [3.63, 3.8) is 0 Å². The maximum atomic E-state index is 12.0. The molecule has 0 radical (unpaired) electrons. The predicted molar refractivity (Wildman–Crippen MR) is 80.6 cm³/mol. The number of anilines is 1. The smallest absolute Gasteiger partial charge is 0.408 e. The molecule has 0 aromatic heterocycles. The summed E-state index contributed by atoms with van der Waals surface area (Å²) in [6, 6.07) is 5.88. The van der Waals surface area contributed by atoms with Gasteiger partial charge in [0.2, 0.25) is 0 Å². The summed E-state index contributed by atoms with van der Waals surface area (Å²) in [6.07, 6.45) is 0.471. The Balaban J connectivity index is 2.20. The van der Waals surface area contributed by atoms with Gasteiger partial charge in [0, 0.05) is 5.69 Å². The van der Waals surface area contributed by atoms with E-state index in [1.807, 2.05) is 32.9 Å². The van der Waals surface area contributed by atoms with Gasteiger partial charge in [-0.15, -0.1) is 0 Å². The third-order valence-electron chi connectivity index (χ3n) is 3.59. The largest absolute Gasteiger partial charge is 0.444 e. The van der Waals surface area contributed by atoms with Gasteiger partial charge in [-0.1, -0.05) is 19.9 Å². The highest BCUT2D eigenvalue weighted by Gasteiger charge is 2.38. The van der Waals surface area contributed by atoms with Crippen molar-refractivity contribution in [2.24, 2.45) is 0 Å². The molecular formula is C16H24N2O2. The molecule has 3 N–H and O–H groups in total. The van der Waals surface area contributed by atoms with Crippen LogP contribution in [0.4, 0.5) is 10.5 Å². The van der Waals surface area contributed by atoms with Gasteiger partial charge in [0.05, 0.1) is 6.04 Å². The molecule has 0 saturated heterocycles. The molecule has 1 aliphatic rings. The van der Waals surface area contributed by atoms with Crippen molar-refractivity contribution in [3.8, 4) is 0 Å². The molecule has 1 amide bonds. The van der Waals surface area contributed by atoms with E-state index in [0.717, 1.165) is 17.7 Å². The molecule has 0 spiro atoms. The molecule has 1 unspecified atom stereocenters. The summed E-state index contributed by atoms with van der Waals surface area (Å²) in [5.74, 6) is 0. The average molecular weight is 276 g/mol. The highest BCUT2D eigenvalue weighted by molar-refractivity contribution is 5.69. The zero-order valence-corrected chi connectivity index (χ0v) is 12.9. The number of nitrogen functional groups attached to an aromatic ring is 1. The normalized spacial score (nSPS) is 20.4. The standard InChI is InChI=1S/C16H24N2O2/c1-15(2,3)20-14(19)18-13-9-16(4,5)12-7-6-10(17)8-11(12)13/h6-8,13H,9,17H2,1-5H3,(H,18,19). The second-order valence-corrected chi connectivity index (χ2v) is 7.13. The molecule has 0 fully saturated rings. The fraction of sp³-hybridized carbons (Fsp3) is 0.562. The minimum atomic E-state index is -0.489. The van der Waals surface area contributed by atoms with Gasteiger partial charge in [-0.05, 0) is 55.9 Å². The molecule has 4 nitrogen and oxygen atoms in total. The van der Waals surface area contributed by atoms with Crippen LogP contribution in [0.2, 0.25) is 0 Å². The third-order valence-corrected chi connectivity index (χ3v) is 3.59. The van der Waals surface area contributed by atoms with Crippen LogP contribution in [0.3, 0.4) is 0 Å². The maximum Gasteiger partial charge on any atom is 0.408 e. The molecule has 1 aromatic rings. The zero-order chi connectivity index (χ0) is 15.1. The second-order valence-electron chi connectivity index (χ2n) is 7.13. The number of nitrogens with one attached hydrogen (secondary N) is 1. The van der Waals surface area contributed by atoms with E-state index in [1.54, 1.807) is 0 Å². The van der Waals surface area contributed by atoms with Crippen molar-refractivity contribution < 1.29 is 9.53 Å². The van der Waals surface area contributed by atoms with Crippen molar-refractivity contribution in [2.45, 2.75) is 58.1 Å². The van der Waals surface area contributed by atoms with E-state index in [9.17, 15) is 4.79 Å². The van der Waals surface area contributed by atoms with Gasteiger partial charge in [-0.3, -0.25) is 0 Å². The van der Waals surface area contributed by atoms with Gasteiger partial charge in [-0.2, -0.15) is 0 Å². The van der Waals surface area contributed by atoms with E-state index in [-0.39, 0.29) is 17.6 Å². The predicted octanol–water partition coefficient (Wildman–Crippen LogP) is 3.52. The Hall–Kier alpha value is -1.71. The summed E-state index contributed by atoms with van der Waals surface area (Å²) in [7, 11) is 0. The average Bonchev–Trinajstić information content (AvgIpc) is 2.47. The summed E-state index contributed by atoms with van der Waals surface area (Å²) >= 11 is 0. The second kappa shape index (κ2) is 4.69. The van der Waals surface area contributed by atoms with Gasteiger partial charge in [-0.25, -0.2) is 4.79 Å². The van der Waals surface area contributed by atoms with Crippen LogP contribution in [0.1, 0.15) is 58.2 Å². The van der Waals surface area contributed by atoms with Gasteiger partial charge in [0.1, 0.15) is 5.60 Å². The Labute approximate surface area is 120 Å². The van der Waals surface area contributed by atoms with Crippen molar-refractivity contribution in [1.82, 2.24) is 5.32 Å². The molecular weight excluding hydrogens is 252 g/mol. The van der Waals surface area contributed by atoms with Crippen molar-refractivity contribution in [2.75, 3.05) is 5.73 Å². The molecule has 1 aromatic carbocycles. The third kappa shape index (κ3) is 3.06.